The number of benzene rings is 4. The van der Waals surface area contributed by atoms with Crippen LogP contribution in [-0.2, 0) is 0 Å². The maximum absolute atomic E-state index is 5.85. The number of hydrogen-bond donors (Lipinski definition) is 1. The smallest absolute Gasteiger partial charge is 0.182 e. The van der Waals surface area contributed by atoms with Crippen molar-refractivity contribution in [3.8, 4) is 11.5 Å². The van der Waals surface area contributed by atoms with Gasteiger partial charge in [-0.2, -0.15) is 0 Å². The van der Waals surface area contributed by atoms with Crippen molar-refractivity contribution in [2.24, 2.45) is 0 Å². The van der Waals surface area contributed by atoms with E-state index >= 15 is 0 Å². The Morgan fingerprint density at radius 1 is 0.586 bits per heavy atom. The Bertz CT molecular complexity index is 1010. The lowest BCUT2D eigenvalue weighted by Gasteiger charge is -2.26. The van der Waals surface area contributed by atoms with Crippen molar-refractivity contribution >= 4 is 34.4 Å². The number of hydrogen-bond acceptors (Lipinski definition) is 2. The van der Waals surface area contributed by atoms with Gasteiger partial charge in [0.2, 0.25) is 0 Å². The van der Waals surface area contributed by atoms with E-state index in [-0.39, 0.29) is 0 Å². The molecule has 1 N–H and O–H groups in total. The first-order valence-corrected chi connectivity index (χ1v) is 9.74. The minimum Gasteiger partial charge on any atom is -0.457 e. The average Bonchev–Trinajstić information content (AvgIpc) is 2.78. The van der Waals surface area contributed by atoms with Crippen molar-refractivity contribution in [3.63, 3.8) is 0 Å². The molecule has 0 heterocycles. The first kappa shape index (κ1) is 18.7. The number of nitrogens with zero attached hydrogens (tertiary/aromatic N) is 1. The number of para-hydroxylation sites is 3. The highest BCUT2D eigenvalue weighted by Crippen LogP contribution is 2.27. The van der Waals surface area contributed by atoms with E-state index in [0.29, 0.717) is 5.11 Å². The number of ether oxygens (including phenoxy) is 1. The van der Waals surface area contributed by atoms with Gasteiger partial charge in [0, 0.05) is 17.1 Å². The van der Waals surface area contributed by atoms with Crippen molar-refractivity contribution in [2.75, 3.05) is 10.2 Å². The fourth-order valence-corrected chi connectivity index (χ4v) is 3.28. The first-order chi connectivity index (χ1) is 14.3. The zero-order valence-corrected chi connectivity index (χ0v) is 16.5. The summed E-state index contributed by atoms with van der Waals surface area (Å²) in [6.07, 6.45) is 0. The van der Waals surface area contributed by atoms with E-state index in [1.807, 2.05) is 120 Å². The Morgan fingerprint density at radius 2 is 1.03 bits per heavy atom. The number of anilines is 3. The highest BCUT2D eigenvalue weighted by atomic mass is 32.1. The maximum atomic E-state index is 5.85. The number of rotatable bonds is 5. The van der Waals surface area contributed by atoms with E-state index in [1.165, 1.54) is 0 Å². The molecule has 0 aromatic heterocycles. The average molecular weight is 397 g/mol. The SMILES string of the molecule is S=C(Nc1ccc(Oc2ccccc2)cc1)N(c1ccccc1)c1ccccc1. The summed E-state index contributed by atoms with van der Waals surface area (Å²) in [6.45, 7) is 0. The Hall–Kier alpha value is -3.63. The van der Waals surface area contributed by atoms with E-state index in [0.717, 1.165) is 28.6 Å². The second kappa shape index (κ2) is 9.04. The van der Waals surface area contributed by atoms with E-state index in [4.69, 9.17) is 17.0 Å². The van der Waals surface area contributed by atoms with Crippen molar-refractivity contribution < 1.29 is 4.74 Å². The lowest BCUT2D eigenvalue weighted by atomic mass is 10.2. The second-order valence-corrected chi connectivity index (χ2v) is 6.76. The summed E-state index contributed by atoms with van der Waals surface area (Å²) in [5.74, 6) is 1.58. The summed E-state index contributed by atoms with van der Waals surface area (Å²) in [5.41, 5.74) is 2.90. The Balaban J connectivity index is 1.52. The quantitative estimate of drug-likeness (QED) is 0.367. The van der Waals surface area contributed by atoms with Crippen LogP contribution in [0.4, 0.5) is 17.1 Å². The van der Waals surface area contributed by atoms with Gasteiger partial charge >= 0.3 is 0 Å². The van der Waals surface area contributed by atoms with Crippen LogP contribution in [0.5, 0.6) is 11.5 Å². The van der Waals surface area contributed by atoms with Crippen molar-refractivity contribution in [2.45, 2.75) is 0 Å². The second-order valence-electron chi connectivity index (χ2n) is 6.38. The minimum absolute atomic E-state index is 0.596. The van der Waals surface area contributed by atoms with Gasteiger partial charge in [0.25, 0.3) is 0 Å². The fraction of sp³-hybridized carbons (Fsp3) is 0. The standard InChI is InChI=1S/C25H20N2OS/c29-25(27(21-10-4-1-5-11-21)22-12-6-2-7-13-22)26-20-16-18-24(19-17-20)28-23-14-8-3-9-15-23/h1-19H,(H,26,29). The van der Waals surface area contributed by atoms with Crippen LogP contribution in [0.3, 0.4) is 0 Å². The topological polar surface area (TPSA) is 24.5 Å². The Morgan fingerprint density at radius 3 is 1.55 bits per heavy atom. The molecule has 0 aliphatic heterocycles. The highest BCUT2D eigenvalue weighted by molar-refractivity contribution is 7.80. The lowest BCUT2D eigenvalue weighted by Crippen LogP contribution is -2.30. The zero-order chi connectivity index (χ0) is 19.9. The van der Waals surface area contributed by atoms with E-state index in [1.54, 1.807) is 0 Å². The van der Waals surface area contributed by atoms with Crippen LogP contribution in [0.1, 0.15) is 0 Å². The van der Waals surface area contributed by atoms with Gasteiger partial charge in [0.15, 0.2) is 5.11 Å². The van der Waals surface area contributed by atoms with Crippen LogP contribution in [0.15, 0.2) is 115 Å². The molecule has 4 heteroatoms. The predicted molar refractivity (Wildman–Crippen MR) is 124 cm³/mol. The zero-order valence-electron chi connectivity index (χ0n) is 15.7. The van der Waals surface area contributed by atoms with E-state index < -0.39 is 0 Å². The molecule has 4 aromatic carbocycles. The van der Waals surface area contributed by atoms with Crippen molar-refractivity contribution in [1.29, 1.82) is 0 Å². The third-order valence-electron chi connectivity index (χ3n) is 4.32. The molecule has 0 amide bonds. The van der Waals surface area contributed by atoms with Crippen molar-refractivity contribution in [3.05, 3.63) is 115 Å². The molecule has 29 heavy (non-hydrogen) atoms. The normalized spacial score (nSPS) is 10.2. The van der Waals surface area contributed by atoms with Gasteiger partial charge in [-0.15, -0.1) is 0 Å². The summed E-state index contributed by atoms with van der Waals surface area (Å²) < 4.78 is 5.85. The number of thiocarbonyl (C=S) groups is 1. The molecule has 0 aliphatic rings. The molecule has 0 bridgehead atoms. The third kappa shape index (κ3) is 4.81. The molecule has 0 spiro atoms. The molecule has 0 saturated heterocycles. The molecule has 0 fully saturated rings. The van der Waals surface area contributed by atoms with Crippen LogP contribution < -0.4 is 15.0 Å². The van der Waals surface area contributed by atoms with Gasteiger partial charge in [0.05, 0.1) is 0 Å². The summed E-state index contributed by atoms with van der Waals surface area (Å²) in [7, 11) is 0. The predicted octanol–water partition coefficient (Wildman–Crippen LogP) is 7.01. The van der Waals surface area contributed by atoms with Crippen LogP contribution in [0.2, 0.25) is 0 Å². The maximum Gasteiger partial charge on any atom is 0.182 e. The largest absolute Gasteiger partial charge is 0.457 e. The van der Waals surface area contributed by atoms with Gasteiger partial charge in [-0.05, 0) is 72.9 Å². The highest BCUT2D eigenvalue weighted by Gasteiger charge is 2.14. The Kier molecular flexibility index (Phi) is 5.84. The molecule has 4 rings (SSSR count). The van der Waals surface area contributed by atoms with Crippen LogP contribution in [0.25, 0.3) is 0 Å². The number of nitrogens with one attached hydrogen (secondary N) is 1. The summed E-state index contributed by atoms with van der Waals surface area (Å²) in [6, 6.07) is 37.6. The summed E-state index contributed by atoms with van der Waals surface area (Å²) >= 11 is 5.74. The van der Waals surface area contributed by atoms with Gasteiger partial charge in [-0.1, -0.05) is 54.6 Å². The first-order valence-electron chi connectivity index (χ1n) is 9.34. The minimum atomic E-state index is 0.596. The Labute approximate surface area is 176 Å². The summed E-state index contributed by atoms with van der Waals surface area (Å²) in [5, 5.41) is 3.93. The van der Waals surface area contributed by atoms with Gasteiger partial charge < -0.3 is 10.1 Å². The third-order valence-corrected chi connectivity index (χ3v) is 4.60. The van der Waals surface area contributed by atoms with Gasteiger partial charge in [0.1, 0.15) is 11.5 Å². The molecule has 3 nitrogen and oxygen atoms in total. The monoisotopic (exact) mass is 396 g/mol. The van der Waals surface area contributed by atoms with E-state index in [2.05, 4.69) is 5.32 Å². The van der Waals surface area contributed by atoms with Crippen LogP contribution in [0, 0.1) is 0 Å². The molecule has 0 unspecified atom stereocenters. The molecule has 0 aliphatic carbocycles. The molecule has 0 atom stereocenters. The molecule has 142 valence electrons. The fourth-order valence-electron chi connectivity index (χ4n) is 2.95. The molecule has 0 radical (unpaired) electrons. The van der Waals surface area contributed by atoms with Crippen LogP contribution >= 0.6 is 12.2 Å². The molecular formula is C25H20N2OS. The lowest BCUT2D eigenvalue weighted by molar-refractivity contribution is 0.483. The molecular weight excluding hydrogens is 376 g/mol. The van der Waals surface area contributed by atoms with Gasteiger partial charge in [-0.3, -0.25) is 4.90 Å². The van der Waals surface area contributed by atoms with Gasteiger partial charge in [-0.25, -0.2) is 0 Å². The molecule has 4 aromatic rings. The van der Waals surface area contributed by atoms with Crippen molar-refractivity contribution in [1.82, 2.24) is 0 Å². The molecule has 0 saturated carbocycles. The van der Waals surface area contributed by atoms with Crippen LogP contribution in [-0.4, -0.2) is 5.11 Å². The van der Waals surface area contributed by atoms with E-state index in [9.17, 15) is 0 Å². The summed E-state index contributed by atoms with van der Waals surface area (Å²) in [4.78, 5) is 2.02.